The maximum absolute atomic E-state index is 11.5. The van der Waals surface area contributed by atoms with Crippen molar-refractivity contribution < 1.29 is 14.3 Å². The third-order valence-electron chi connectivity index (χ3n) is 6.00. The number of rotatable bonds is 6. The van der Waals surface area contributed by atoms with E-state index in [1.807, 2.05) is 48.2 Å². The average Bonchev–Trinajstić information content (AvgIpc) is 2.80. The van der Waals surface area contributed by atoms with Crippen molar-refractivity contribution in [3.05, 3.63) is 72.3 Å². The lowest BCUT2D eigenvalue weighted by atomic mass is 9.90. The molecular weight excluding hydrogens is 430 g/mol. The van der Waals surface area contributed by atoms with E-state index in [0.29, 0.717) is 29.0 Å². The number of anilines is 2. The molecule has 0 atom stereocenters. The highest BCUT2D eigenvalue weighted by Crippen LogP contribution is 2.36. The number of pyridine rings is 1. The molecule has 0 unspecified atom stereocenters. The number of nitrogens with zero attached hydrogens (tertiary/aromatic N) is 4. The molecule has 0 spiro atoms. The molecule has 1 N–H and O–H groups in total. The second-order valence-electron chi connectivity index (χ2n) is 8.35. The quantitative estimate of drug-likeness (QED) is 0.446. The Labute approximate surface area is 197 Å². The number of methoxy groups -OCH3 is 1. The van der Waals surface area contributed by atoms with Crippen LogP contribution in [0, 0.1) is 6.92 Å². The van der Waals surface area contributed by atoms with E-state index in [9.17, 15) is 4.79 Å². The van der Waals surface area contributed by atoms with Gasteiger partial charge in [0.1, 0.15) is 17.9 Å². The number of hydrogen-bond acceptors (Lipinski definition) is 7. The molecule has 8 nitrogen and oxygen atoms in total. The largest absolute Gasteiger partial charge is 0.493 e. The van der Waals surface area contributed by atoms with Gasteiger partial charge in [0.25, 0.3) is 0 Å². The first kappa shape index (κ1) is 21.6. The van der Waals surface area contributed by atoms with E-state index in [2.05, 4.69) is 32.4 Å². The summed E-state index contributed by atoms with van der Waals surface area (Å²) in [6.07, 6.45) is 3.23. The van der Waals surface area contributed by atoms with Crippen LogP contribution in [0.25, 0.3) is 10.9 Å². The summed E-state index contributed by atoms with van der Waals surface area (Å²) >= 11 is 0. The number of carbonyl (C=O) groups is 1. The molecule has 172 valence electrons. The standard InChI is InChI=1S/C26H25N5O3/c1-16-4-7-21(12-27-16)34-24-9-6-20(11-25(24)33-3)30-26-22-10-18(5-8-23(22)28-15-29-26)19-13-31(14-19)17(2)32/h4-12,15,19H,13-14H2,1-3H3,(H,28,29,30). The van der Waals surface area contributed by atoms with Crippen LogP contribution in [0.2, 0.25) is 0 Å². The molecule has 2 aromatic heterocycles. The lowest BCUT2D eigenvalue weighted by molar-refractivity contribution is -0.133. The monoisotopic (exact) mass is 455 g/mol. The van der Waals surface area contributed by atoms with Crippen LogP contribution in [0.3, 0.4) is 0 Å². The van der Waals surface area contributed by atoms with Gasteiger partial charge in [0.2, 0.25) is 5.91 Å². The smallest absolute Gasteiger partial charge is 0.219 e. The van der Waals surface area contributed by atoms with Crippen LogP contribution in [0.4, 0.5) is 11.5 Å². The third kappa shape index (κ3) is 4.34. The van der Waals surface area contributed by atoms with Crippen LogP contribution in [0.5, 0.6) is 17.2 Å². The van der Waals surface area contributed by atoms with Gasteiger partial charge in [0.05, 0.1) is 18.8 Å². The molecule has 0 bridgehead atoms. The Kier molecular flexibility index (Phi) is 5.71. The van der Waals surface area contributed by atoms with E-state index >= 15 is 0 Å². The highest BCUT2D eigenvalue weighted by atomic mass is 16.5. The molecule has 5 rings (SSSR count). The summed E-state index contributed by atoms with van der Waals surface area (Å²) in [4.78, 5) is 26.5. The third-order valence-corrected chi connectivity index (χ3v) is 6.00. The molecule has 4 aromatic rings. The molecule has 1 saturated heterocycles. The van der Waals surface area contributed by atoms with Crippen LogP contribution in [0.15, 0.2) is 61.1 Å². The van der Waals surface area contributed by atoms with Gasteiger partial charge in [0.15, 0.2) is 11.5 Å². The van der Waals surface area contributed by atoms with Gasteiger partial charge in [-0.15, -0.1) is 0 Å². The Bertz CT molecular complexity index is 1350. The number of benzene rings is 2. The van der Waals surface area contributed by atoms with Gasteiger partial charge in [0, 0.05) is 48.8 Å². The van der Waals surface area contributed by atoms with Crippen molar-refractivity contribution in [2.45, 2.75) is 19.8 Å². The minimum absolute atomic E-state index is 0.114. The summed E-state index contributed by atoms with van der Waals surface area (Å²) in [7, 11) is 1.61. The van der Waals surface area contributed by atoms with E-state index in [-0.39, 0.29) is 5.91 Å². The van der Waals surface area contributed by atoms with Crippen molar-refractivity contribution in [3.63, 3.8) is 0 Å². The van der Waals surface area contributed by atoms with Crippen molar-refractivity contribution in [1.82, 2.24) is 19.9 Å². The predicted molar refractivity (Wildman–Crippen MR) is 130 cm³/mol. The number of ether oxygens (including phenoxy) is 2. The number of hydrogen-bond donors (Lipinski definition) is 1. The van der Waals surface area contributed by atoms with Crippen molar-refractivity contribution in [3.8, 4) is 17.2 Å². The normalized spacial score (nSPS) is 13.4. The number of amides is 1. The minimum atomic E-state index is 0.114. The Balaban J connectivity index is 1.39. The number of carbonyl (C=O) groups excluding carboxylic acids is 1. The second-order valence-corrected chi connectivity index (χ2v) is 8.35. The summed E-state index contributed by atoms with van der Waals surface area (Å²) in [5.74, 6) is 2.96. The van der Waals surface area contributed by atoms with Crippen molar-refractivity contribution in [1.29, 1.82) is 0 Å². The van der Waals surface area contributed by atoms with Gasteiger partial charge in [-0.1, -0.05) is 6.07 Å². The van der Waals surface area contributed by atoms with Gasteiger partial charge in [-0.2, -0.15) is 0 Å². The zero-order chi connectivity index (χ0) is 23.7. The fourth-order valence-electron chi connectivity index (χ4n) is 3.98. The number of aromatic nitrogens is 3. The summed E-state index contributed by atoms with van der Waals surface area (Å²) in [5, 5.41) is 4.31. The predicted octanol–water partition coefficient (Wildman–Crippen LogP) is 4.82. The van der Waals surface area contributed by atoms with Gasteiger partial charge in [-0.3, -0.25) is 9.78 Å². The molecule has 0 radical (unpaired) electrons. The number of aryl methyl sites for hydroxylation is 1. The fraction of sp³-hybridized carbons (Fsp3) is 0.231. The van der Waals surface area contributed by atoms with E-state index in [0.717, 1.165) is 35.4 Å². The fourth-order valence-corrected chi connectivity index (χ4v) is 3.98. The molecule has 1 aliphatic rings. The molecule has 0 aliphatic carbocycles. The highest BCUT2D eigenvalue weighted by Gasteiger charge is 2.30. The molecule has 8 heteroatoms. The van der Waals surface area contributed by atoms with Crippen LogP contribution in [-0.4, -0.2) is 46.0 Å². The van der Waals surface area contributed by atoms with Crippen LogP contribution in [0.1, 0.15) is 24.1 Å². The van der Waals surface area contributed by atoms with E-state index in [1.54, 1.807) is 26.6 Å². The second kappa shape index (κ2) is 8.97. The molecular formula is C26H25N5O3. The SMILES string of the molecule is COc1cc(Nc2ncnc3ccc(C4CN(C(C)=O)C4)cc23)ccc1Oc1ccc(C)nc1. The summed E-state index contributed by atoms with van der Waals surface area (Å²) < 4.78 is 11.5. The summed E-state index contributed by atoms with van der Waals surface area (Å²) in [5.41, 5.74) is 3.76. The van der Waals surface area contributed by atoms with Crippen LogP contribution < -0.4 is 14.8 Å². The summed E-state index contributed by atoms with van der Waals surface area (Å²) in [6.45, 7) is 5.02. The number of nitrogens with one attached hydrogen (secondary N) is 1. The Morgan fingerprint density at radius 3 is 2.62 bits per heavy atom. The Morgan fingerprint density at radius 1 is 1.03 bits per heavy atom. The van der Waals surface area contributed by atoms with E-state index < -0.39 is 0 Å². The van der Waals surface area contributed by atoms with Crippen molar-refractivity contribution in [2.24, 2.45) is 0 Å². The first-order chi connectivity index (χ1) is 16.5. The topological polar surface area (TPSA) is 89.5 Å². The van der Waals surface area contributed by atoms with Gasteiger partial charge in [-0.05, 0) is 48.9 Å². The van der Waals surface area contributed by atoms with Gasteiger partial charge >= 0.3 is 0 Å². The lowest BCUT2D eigenvalue weighted by Crippen LogP contribution is -2.47. The molecule has 1 amide bonds. The molecule has 1 fully saturated rings. The van der Waals surface area contributed by atoms with Crippen LogP contribution >= 0.6 is 0 Å². The molecule has 0 saturated carbocycles. The first-order valence-electron chi connectivity index (χ1n) is 11.1. The highest BCUT2D eigenvalue weighted by molar-refractivity contribution is 5.91. The zero-order valence-corrected chi connectivity index (χ0v) is 19.3. The molecule has 3 heterocycles. The Morgan fingerprint density at radius 2 is 1.88 bits per heavy atom. The zero-order valence-electron chi connectivity index (χ0n) is 19.3. The maximum Gasteiger partial charge on any atom is 0.219 e. The number of likely N-dealkylation sites (tertiary alicyclic amines) is 1. The van der Waals surface area contributed by atoms with Crippen molar-refractivity contribution in [2.75, 3.05) is 25.5 Å². The lowest BCUT2D eigenvalue weighted by Gasteiger charge is -2.39. The Hall–Kier alpha value is -4.20. The van der Waals surface area contributed by atoms with Crippen molar-refractivity contribution >= 4 is 28.3 Å². The maximum atomic E-state index is 11.5. The van der Waals surface area contributed by atoms with Gasteiger partial charge in [-0.25, -0.2) is 9.97 Å². The average molecular weight is 456 g/mol. The van der Waals surface area contributed by atoms with E-state index in [1.165, 1.54) is 5.56 Å². The molecule has 34 heavy (non-hydrogen) atoms. The summed E-state index contributed by atoms with van der Waals surface area (Å²) in [6, 6.07) is 15.6. The van der Waals surface area contributed by atoms with E-state index in [4.69, 9.17) is 9.47 Å². The number of fused-ring (bicyclic) bond motifs is 1. The first-order valence-corrected chi connectivity index (χ1v) is 11.1. The molecule has 2 aromatic carbocycles. The minimum Gasteiger partial charge on any atom is -0.493 e. The molecule has 1 aliphatic heterocycles. The van der Waals surface area contributed by atoms with Gasteiger partial charge < -0.3 is 19.7 Å². The van der Waals surface area contributed by atoms with Crippen LogP contribution in [-0.2, 0) is 4.79 Å².